The SMILES string of the molecule is CCCOC1N=C(c2ccccc2-c2ccc(Cc3c(CCC)n4nc(C)nc4n(C4CCC(CC(C)C(C)(C)O)CC4)c3=O)c(F)c2)NO1. The summed E-state index contributed by atoms with van der Waals surface area (Å²) in [5.74, 6) is 1.99. The highest BCUT2D eigenvalue weighted by molar-refractivity contribution is 6.04. The molecule has 0 saturated heterocycles. The first-order valence-electron chi connectivity index (χ1n) is 18.2. The van der Waals surface area contributed by atoms with E-state index in [1.165, 1.54) is 6.07 Å². The second kappa shape index (κ2) is 15.1. The van der Waals surface area contributed by atoms with Gasteiger partial charge in [0.2, 0.25) is 5.78 Å². The molecular weight excluding hydrogens is 635 g/mol. The van der Waals surface area contributed by atoms with Crippen molar-refractivity contribution in [3.8, 4) is 11.1 Å². The van der Waals surface area contributed by atoms with Crippen molar-refractivity contribution in [1.29, 1.82) is 0 Å². The van der Waals surface area contributed by atoms with Crippen molar-refractivity contribution in [2.45, 2.75) is 117 Å². The third kappa shape index (κ3) is 7.55. The fourth-order valence-corrected chi connectivity index (χ4v) is 7.32. The Morgan fingerprint density at radius 2 is 1.84 bits per heavy atom. The lowest BCUT2D eigenvalue weighted by molar-refractivity contribution is -0.144. The predicted molar refractivity (Wildman–Crippen MR) is 192 cm³/mol. The topological polar surface area (TPSA) is 115 Å². The van der Waals surface area contributed by atoms with Crippen molar-refractivity contribution < 1.29 is 19.1 Å². The zero-order valence-electron chi connectivity index (χ0n) is 30.2. The molecule has 1 aliphatic heterocycles. The largest absolute Gasteiger partial charge is 0.390 e. The normalized spacial score (nSPS) is 20.2. The molecule has 4 aromatic rings. The molecule has 1 saturated carbocycles. The van der Waals surface area contributed by atoms with Crippen LogP contribution in [0.15, 0.2) is 52.3 Å². The Hall–Kier alpha value is -3.93. The molecule has 0 radical (unpaired) electrons. The molecule has 2 aromatic carbocycles. The molecule has 2 N–H and O–H groups in total. The third-order valence-electron chi connectivity index (χ3n) is 10.4. The average Bonchev–Trinajstić information content (AvgIpc) is 3.72. The summed E-state index contributed by atoms with van der Waals surface area (Å²) >= 11 is 0. The van der Waals surface area contributed by atoms with Gasteiger partial charge in [0.15, 0.2) is 5.84 Å². The molecule has 2 aromatic heterocycles. The van der Waals surface area contributed by atoms with Gasteiger partial charge in [-0.2, -0.15) is 10.1 Å². The van der Waals surface area contributed by atoms with Gasteiger partial charge in [-0.1, -0.05) is 63.6 Å². The van der Waals surface area contributed by atoms with Crippen LogP contribution in [0.2, 0.25) is 0 Å². The average molecular weight is 687 g/mol. The first-order chi connectivity index (χ1) is 24.0. The highest BCUT2D eigenvalue weighted by Gasteiger charge is 2.32. The predicted octanol–water partition coefficient (Wildman–Crippen LogP) is 7.07. The van der Waals surface area contributed by atoms with Crippen LogP contribution in [0, 0.1) is 24.6 Å². The lowest BCUT2D eigenvalue weighted by Crippen LogP contribution is -2.35. The number of halogens is 1. The van der Waals surface area contributed by atoms with Crippen LogP contribution in [0.4, 0.5) is 4.39 Å². The quantitative estimate of drug-likeness (QED) is 0.155. The number of ether oxygens (including phenoxy) is 1. The van der Waals surface area contributed by atoms with Crippen molar-refractivity contribution in [3.63, 3.8) is 0 Å². The molecule has 2 atom stereocenters. The van der Waals surface area contributed by atoms with E-state index in [9.17, 15) is 9.90 Å². The van der Waals surface area contributed by atoms with Crippen LogP contribution in [-0.2, 0) is 22.4 Å². The Morgan fingerprint density at radius 1 is 1.10 bits per heavy atom. The number of nitrogens with zero attached hydrogens (tertiary/aromatic N) is 5. The number of amidine groups is 1. The van der Waals surface area contributed by atoms with Gasteiger partial charge in [-0.15, -0.1) is 0 Å². The summed E-state index contributed by atoms with van der Waals surface area (Å²) < 4.78 is 25.4. The molecule has 1 fully saturated rings. The van der Waals surface area contributed by atoms with E-state index in [0.29, 0.717) is 53.1 Å². The summed E-state index contributed by atoms with van der Waals surface area (Å²) in [6, 6.07) is 12.8. The number of hydrogen-bond acceptors (Lipinski definition) is 8. The summed E-state index contributed by atoms with van der Waals surface area (Å²) in [5, 5.41) is 15.2. The molecule has 1 aliphatic carbocycles. The smallest absolute Gasteiger partial charge is 0.282 e. The first-order valence-corrected chi connectivity index (χ1v) is 18.2. The second-order valence-electron chi connectivity index (χ2n) is 14.6. The van der Waals surface area contributed by atoms with E-state index in [-0.39, 0.29) is 29.8 Å². The number of nitrogens with one attached hydrogen (secondary N) is 1. The van der Waals surface area contributed by atoms with Crippen LogP contribution in [-0.4, -0.2) is 48.7 Å². The van der Waals surface area contributed by atoms with Gasteiger partial charge < -0.3 is 9.84 Å². The van der Waals surface area contributed by atoms with E-state index in [0.717, 1.165) is 61.8 Å². The van der Waals surface area contributed by atoms with Crippen molar-refractivity contribution in [2.75, 3.05) is 6.61 Å². The summed E-state index contributed by atoms with van der Waals surface area (Å²) in [4.78, 5) is 29.3. The number of aliphatic imine (C=N–C) groups is 1. The van der Waals surface area contributed by atoms with Gasteiger partial charge in [0.25, 0.3) is 12.0 Å². The summed E-state index contributed by atoms with van der Waals surface area (Å²) in [6.07, 6.45) is 6.28. The summed E-state index contributed by atoms with van der Waals surface area (Å²) in [6.45, 7) is 12.3. The van der Waals surface area contributed by atoms with Crippen molar-refractivity contribution in [2.24, 2.45) is 16.8 Å². The maximum absolute atomic E-state index is 16.1. The first kappa shape index (κ1) is 35.9. The highest BCUT2D eigenvalue weighted by Crippen LogP contribution is 2.38. The van der Waals surface area contributed by atoms with E-state index in [2.05, 4.69) is 24.3 Å². The number of aryl methyl sites for hydroxylation is 2. The van der Waals surface area contributed by atoms with Crippen molar-refractivity contribution >= 4 is 11.6 Å². The Morgan fingerprint density at radius 3 is 2.52 bits per heavy atom. The van der Waals surface area contributed by atoms with Crippen LogP contribution in [0.5, 0.6) is 0 Å². The minimum atomic E-state index is -0.734. The molecule has 2 aliphatic rings. The molecule has 2 unspecified atom stereocenters. The Balaban J connectivity index is 1.31. The van der Waals surface area contributed by atoms with Gasteiger partial charge in [-0.25, -0.2) is 24.2 Å². The van der Waals surface area contributed by atoms with Crippen LogP contribution in [0.25, 0.3) is 16.9 Å². The third-order valence-corrected chi connectivity index (χ3v) is 10.4. The van der Waals surface area contributed by atoms with E-state index in [4.69, 9.17) is 19.7 Å². The highest BCUT2D eigenvalue weighted by atomic mass is 19.1. The van der Waals surface area contributed by atoms with Crippen LogP contribution in [0.1, 0.15) is 114 Å². The Kier molecular flexibility index (Phi) is 10.9. The fourth-order valence-electron chi connectivity index (χ4n) is 7.32. The molecule has 10 nitrogen and oxygen atoms in total. The molecule has 0 amide bonds. The molecule has 6 rings (SSSR count). The number of hydroxylamine groups is 1. The van der Waals surface area contributed by atoms with Gasteiger partial charge in [-0.3, -0.25) is 9.36 Å². The molecular formula is C39H51FN6O4. The summed E-state index contributed by atoms with van der Waals surface area (Å²) in [7, 11) is 0. The number of aliphatic hydroxyl groups is 1. The number of aromatic nitrogens is 4. The maximum Gasteiger partial charge on any atom is 0.282 e. The number of hydrogen-bond donors (Lipinski definition) is 2. The Labute approximate surface area is 293 Å². The van der Waals surface area contributed by atoms with Gasteiger partial charge in [0, 0.05) is 23.6 Å². The minimum absolute atomic E-state index is 0.0245. The standard InChI is InChI=1S/C39H51FN6O4/c1-7-11-34-32(36(47)45(37-41-25(4)43-46(34)37)29-18-14-26(15-19-29)21-24(3)39(5,6)48)22-28-17-16-27(23-33(28)40)30-12-9-10-13-31(30)35-42-38(50-44-35)49-20-8-2/h9-10,12-13,16-17,23-24,26,29,38,48H,7-8,11,14-15,18-22H2,1-6H3,(H,42,44). The van der Waals surface area contributed by atoms with Gasteiger partial charge >= 0.3 is 0 Å². The van der Waals surface area contributed by atoms with Crippen molar-refractivity contribution in [3.05, 3.63) is 86.8 Å². The van der Waals surface area contributed by atoms with E-state index < -0.39 is 12.0 Å². The van der Waals surface area contributed by atoms with Gasteiger partial charge in [0.1, 0.15) is 11.6 Å². The van der Waals surface area contributed by atoms with Crippen molar-refractivity contribution in [1.82, 2.24) is 24.6 Å². The van der Waals surface area contributed by atoms with Crippen LogP contribution in [0.3, 0.4) is 0 Å². The number of benzene rings is 2. The van der Waals surface area contributed by atoms with Crippen LogP contribution >= 0.6 is 0 Å². The molecule has 0 spiro atoms. The minimum Gasteiger partial charge on any atom is -0.390 e. The van der Waals surface area contributed by atoms with Gasteiger partial charge in [0.05, 0.1) is 17.9 Å². The summed E-state index contributed by atoms with van der Waals surface area (Å²) in [5.41, 5.74) is 6.08. The zero-order chi connectivity index (χ0) is 35.6. The van der Waals surface area contributed by atoms with Crippen LogP contribution < -0.4 is 11.0 Å². The molecule has 0 bridgehead atoms. The molecule has 11 heteroatoms. The number of rotatable bonds is 13. The molecule has 50 heavy (non-hydrogen) atoms. The maximum atomic E-state index is 16.1. The van der Waals surface area contributed by atoms with E-state index >= 15 is 4.39 Å². The molecule has 3 heterocycles. The van der Waals surface area contributed by atoms with E-state index in [1.807, 2.05) is 67.1 Å². The monoisotopic (exact) mass is 686 g/mol. The molecule has 268 valence electrons. The Bertz CT molecular complexity index is 1900. The van der Waals surface area contributed by atoms with E-state index in [1.54, 1.807) is 6.07 Å². The zero-order valence-corrected chi connectivity index (χ0v) is 30.2. The van der Waals surface area contributed by atoms with Gasteiger partial charge in [-0.05, 0) is 100 Å². The lowest BCUT2D eigenvalue weighted by Gasteiger charge is -2.34. The lowest BCUT2D eigenvalue weighted by atomic mass is 9.77. The number of fused-ring (bicyclic) bond motifs is 1. The fraction of sp³-hybridized carbons (Fsp3) is 0.538. The second-order valence-corrected chi connectivity index (χ2v) is 14.6.